The summed E-state index contributed by atoms with van der Waals surface area (Å²) >= 11 is 0. The Hall–Kier alpha value is -2.14. The second-order valence-electron chi connectivity index (χ2n) is 5.45. The molecule has 0 spiro atoms. The van der Waals surface area contributed by atoms with E-state index in [0.29, 0.717) is 0 Å². The predicted molar refractivity (Wildman–Crippen MR) is 84.1 cm³/mol. The molecule has 2 aromatic rings. The number of fused-ring (bicyclic) bond motifs is 1. The largest absolute Gasteiger partial charge is 0.368 e. The third kappa shape index (κ3) is 2.56. The van der Waals surface area contributed by atoms with Gasteiger partial charge in [0, 0.05) is 24.0 Å². The quantitative estimate of drug-likeness (QED) is 0.890. The lowest BCUT2D eigenvalue weighted by atomic mass is 10.1. The molecule has 1 aliphatic heterocycles. The zero-order chi connectivity index (χ0) is 14.8. The number of primary amides is 1. The number of rotatable bonds is 4. The Bertz CT molecular complexity index is 670. The molecule has 1 atom stereocenters. The van der Waals surface area contributed by atoms with E-state index in [1.54, 1.807) is 0 Å². The number of amides is 1. The third-order valence-electron chi connectivity index (χ3n) is 4.00. The number of nitrogens with two attached hydrogens (primary N) is 1. The van der Waals surface area contributed by atoms with Crippen molar-refractivity contribution in [3.8, 4) is 0 Å². The van der Waals surface area contributed by atoms with Crippen molar-refractivity contribution in [3.05, 3.63) is 35.9 Å². The van der Waals surface area contributed by atoms with Gasteiger partial charge in [0.25, 0.3) is 0 Å². The number of para-hydroxylation sites is 1. The summed E-state index contributed by atoms with van der Waals surface area (Å²) in [5.74, 6) is 0.613. The SMILES string of the molecule is CNCc1cc2ccccc2nc1N1CCCC1C(N)=O. The number of hydrogen-bond donors (Lipinski definition) is 2. The van der Waals surface area contributed by atoms with Crippen molar-refractivity contribution < 1.29 is 4.79 Å². The van der Waals surface area contributed by atoms with E-state index in [1.165, 1.54) is 0 Å². The van der Waals surface area contributed by atoms with Crippen molar-refractivity contribution in [2.45, 2.75) is 25.4 Å². The second-order valence-corrected chi connectivity index (χ2v) is 5.45. The van der Waals surface area contributed by atoms with Gasteiger partial charge < -0.3 is 16.0 Å². The molecule has 0 radical (unpaired) electrons. The van der Waals surface area contributed by atoms with E-state index in [-0.39, 0.29) is 11.9 Å². The van der Waals surface area contributed by atoms with Crippen LogP contribution in [0.15, 0.2) is 30.3 Å². The summed E-state index contributed by atoms with van der Waals surface area (Å²) in [6, 6.07) is 9.94. The molecule has 1 aromatic carbocycles. The molecule has 1 saturated heterocycles. The van der Waals surface area contributed by atoms with E-state index >= 15 is 0 Å². The Morgan fingerprint density at radius 1 is 1.48 bits per heavy atom. The summed E-state index contributed by atoms with van der Waals surface area (Å²) in [6.45, 7) is 1.55. The molecule has 5 heteroatoms. The molecule has 1 aliphatic rings. The topological polar surface area (TPSA) is 71.2 Å². The van der Waals surface area contributed by atoms with Crippen molar-refractivity contribution in [2.75, 3.05) is 18.5 Å². The van der Waals surface area contributed by atoms with Crippen molar-refractivity contribution in [3.63, 3.8) is 0 Å². The van der Waals surface area contributed by atoms with Gasteiger partial charge >= 0.3 is 0 Å². The first-order valence-corrected chi connectivity index (χ1v) is 7.30. The van der Waals surface area contributed by atoms with Crippen LogP contribution < -0.4 is 16.0 Å². The van der Waals surface area contributed by atoms with Crippen LogP contribution in [0, 0.1) is 0 Å². The van der Waals surface area contributed by atoms with E-state index in [0.717, 1.165) is 48.2 Å². The molecule has 5 nitrogen and oxygen atoms in total. The molecule has 3 rings (SSSR count). The summed E-state index contributed by atoms with van der Waals surface area (Å²) in [4.78, 5) is 18.5. The molecule has 0 aliphatic carbocycles. The van der Waals surface area contributed by atoms with Crippen molar-refractivity contribution in [1.82, 2.24) is 10.3 Å². The monoisotopic (exact) mass is 284 g/mol. The molecule has 1 unspecified atom stereocenters. The Labute approximate surface area is 124 Å². The smallest absolute Gasteiger partial charge is 0.240 e. The fraction of sp³-hybridized carbons (Fsp3) is 0.375. The molecule has 2 heterocycles. The maximum Gasteiger partial charge on any atom is 0.240 e. The van der Waals surface area contributed by atoms with Crippen LogP contribution >= 0.6 is 0 Å². The van der Waals surface area contributed by atoms with E-state index in [1.807, 2.05) is 25.2 Å². The molecule has 1 fully saturated rings. The molecule has 1 amide bonds. The van der Waals surface area contributed by atoms with Gasteiger partial charge in [-0.2, -0.15) is 0 Å². The van der Waals surface area contributed by atoms with Crippen molar-refractivity contribution in [1.29, 1.82) is 0 Å². The Morgan fingerprint density at radius 2 is 2.29 bits per heavy atom. The van der Waals surface area contributed by atoms with E-state index in [2.05, 4.69) is 22.3 Å². The molecule has 0 bridgehead atoms. The summed E-state index contributed by atoms with van der Waals surface area (Å²) in [5.41, 5.74) is 7.59. The number of carbonyl (C=O) groups excluding carboxylic acids is 1. The first-order valence-electron chi connectivity index (χ1n) is 7.30. The summed E-state index contributed by atoms with van der Waals surface area (Å²) in [7, 11) is 1.91. The summed E-state index contributed by atoms with van der Waals surface area (Å²) in [5, 5.41) is 4.29. The number of nitrogens with one attached hydrogen (secondary N) is 1. The van der Waals surface area contributed by atoms with Gasteiger partial charge in [-0.05, 0) is 32.0 Å². The van der Waals surface area contributed by atoms with Gasteiger partial charge in [0.1, 0.15) is 11.9 Å². The molecule has 1 aromatic heterocycles. The van der Waals surface area contributed by atoms with Crippen LogP contribution in [-0.2, 0) is 11.3 Å². The van der Waals surface area contributed by atoms with Crippen LogP contribution in [0.2, 0.25) is 0 Å². The van der Waals surface area contributed by atoms with Crippen molar-refractivity contribution >= 4 is 22.6 Å². The minimum Gasteiger partial charge on any atom is -0.368 e. The van der Waals surface area contributed by atoms with Gasteiger partial charge in [-0.15, -0.1) is 0 Å². The van der Waals surface area contributed by atoms with Gasteiger partial charge in [-0.1, -0.05) is 18.2 Å². The molecule has 0 saturated carbocycles. The number of anilines is 1. The molecular formula is C16H20N4O. The third-order valence-corrected chi connectivity index (χ3v) is 4.00. The lowest BCUT2D eigenvalue weighted by Crippen LogP contribution is -2.41. The van der Waals surface area contributed by atoms with Crippen LogP contribution in [0.5, 0.6) is 0 Å². The number of aromatic nitrogens is 1. The number of hydrogen-bond acceptors (Lipinski definition) is 4. The maximum absolute atomic E-state index is 11.7. The predicted octanol–water partition coefficient (Wildman–Crippen LogP) is 1.41. The summed E-state index contributed by atoms with van der Waals surface area (Å²) in [6.07, 6.45) is 1.78. The van der Waals surface area contributed by atoms with Crippen LogP contribution in [0.1, 0.15) is 18.4 Å². The summed E-state index contributed by atoms with van der Waals surface area (Å²) < 4.78 is 0. The molecular weight excluding hydrogens is 264 g/mol. The zero-order valence-electron chi connectivity index (χ0n) is 12.2. The van der Waals surface area contributed by atoms with E-state index in [9.17, 15) is 4.79 Å². The Morgan fingerprint density at radius 3 is 3.05 bits per heavy atom. The standard InChI is InChI=1S/C16H20N4O/c1-18-10-12-9-11-5-2-3-6-13(11)19-16(12)20-8-4-7-14(20)15(17)21/h2-3,5-6,9,14,18H,4,7-8,10H2,1H3,(H2,17,21). The molecule has 3 N–H and O–H groups in total. The average Bonchev–Trinajstić information content (AvgIpc) is 2.96. The number of nitrogens with zero attached hydrogens (tertiary/aromatic N) is 2. The van der Waals surface area contributed by atoms with Gasteiger partial charge in [-0.25, -0.2) is 4.98 Å². The van der Waals surface area contributed by atoms with Gasteiger partial charge in [0.15, 0.2) is 0 Å². The lowest BCUT2D eigenvalue weighted by molar-refractivity contribution is -0.119. The van der Waals surface area contributed by atoms with Crippen molar-refractivity contribution in [2.24, 2.45) is 5.73 Å². The zero-order valence-corrected chi connectivity index (χ0v) is 12.2. The highest BCUT2D eigenvalue weighted by atomic mass is 16.1. The van der Waals surface area contributed by atoms with E-state index < -0.39 is 0 Å². The van der Waals surface area contributed by atoms with Gasteiger partial charge in [0.05, 0.1) is 5.52 Å². The van der Waals surface area contributed by atoms with Crippen LogP contribution in [0.4, 0.5) is 5.82 Å². The van der Waals surface area contributed by atoms with Gasteiger partial charge in [-0.3, -0.25) is 4.79 Å². The fourth-order valence-corrected chi connectivity index (χ4v) is 3.03. The Kier molecular flexibility index (Phi) is 3.75. The van der Waals surface area contributed by atoms with Gasteiger partial charge in [0.2, 0.25) is 5.91 Å². The van der Waals surface area contributed by atoms with Crippen LogP contribution in [0.3, 0.4) is 0 Å². The number of pyridine rings is 1. The average molecular weight is 284 g/mol. The van der Waals surface area contributed by atoms with Crippen LogP contribution in [-0.4, -0.2) is 30.5 Å². The fourth-order valence-electron chi connectivity index (χ4n) is 3.03. The number of benzene rings is 1. The molecule has 110 valence electrons. The van der Waals surface area contributed by atoms with E-state index in [4.69, 9.17) is 10.7 Å². The lowest BCUT2D eigenvalue weighted by Gasteiger charge is -2.26. The van der Waals surface area contributed by atoms with Crippen LogP contribution in [0.25, 0.3) is 10.9 Å². The first kappa shape index (κ1) is 13.8. The number of carbonyl (C=O) groups is 1. The second kappa shape index (κ2) is 5.69. The minimum absolute atomic E-state index is 0.241. The first-order chi connectivity index (χ1) is 10.2. The Balaban J connectivity index is 2.10. The minimum atomic E-state index is -0.266. The normalized spacial score (nSPS) is 18.3. The molecule has 21 heavy (non-hydrogen) atoms. The maximum atomic E-state index is 11.7. The highest BCUT2D eigenvalue weighted by Gasteiger charge is 2.31. The highest BCUT2D eigenvalue weighted by Crippen LogP contribution is 2.29. The highest BCUT2D eigenvalue weighted by molar-refractivity contribution is 5.86.